The van der Waals surface area contributed by atoms with Crippen molar-refractivity contribution >= 4 is 11.9 Å². The number of likely N-dealkylation sites (tertiary alicyclic amines) is 1. The zero-order valence-electron chi connectivity index (χ0n) is 12.4. The van der Waals surface area contributed by atoms with Gasteiger partial charge in [0.1, 0.15) is 0 Å². The van der Waals surface area contributed by atoms with Gasteiger partial charge in [-0.05, 0) is 42.7 Å². The number of hydrogen-bond acceptors (Lipinski definition) is 3. The minimum Gasteiger partial charge on any atom is -0.481 e. The Labute approximate surface area is 129 Å². The topological polar surface area (TPSA) is 70.5 Å². The molecular formula is C17H20N2O3. The zero-order valence-corrected chi connectivity index (χ0v) is 12.4. The molecule has 1 aromatic rings. The molecule has 116 valence electrons. The third-order valence-electron chi connectivity index (χ3n) is 5.90. The van der Waals surface area contributed by atoms with Gasteiger partial charge in [-0.25, -0.2) is 0 Å². The van der Waals surface area contributed by atoms with E-state index in [0.717, 1.165) is 31.2 Å². The number of carboxylic acid groups (broad SMARTS) is 1. The van der Waals surface area contributed by atoms with Crippen molar-refractivity contribution in [1.82, 2.24) is 9.88 Å². The summed E-state index contributed by atoms with van der Waals surface area (Å²) in [7, 11) is 0. The third-order valence-corrected chi connectivity index (χ3v) is 5.90. The molecule has 0 radical (unpaired) electrons. The molecular weight excluding hydrogens is 280 g/mol. The lowest BCUT2D eigenvalue weighted by Crippen LogP contribution is -2.52. The largest absolute Gasteiger partial charge is 0.481 e. The van der Waals surface area contributed by atoms with E-state index >= 15 is 0 Å². The number of carboxylic acids is 1. The molecule has 3 fully saturated rings. The van der Waals surface area contributed by atoms with E-state index in [-0.39, 0.29) is 23.7 Å². The molecule has 0 spiro atoms. The van der Waals surface area contributed by atoms with Crippen molar-refractivity contribution in [3.05, 3.63) is 30.1 Å². The number of piperidine rings is 1. The normalized spacial score (nSPS) is 31.8. The molecule has 5 nitrogen and oxygen atoms in total. The summed E-state index contributed by atoms with van der Waals surface area (Å²) in [5, 5.41) is 9.19. The van der Waals surface area contributed by atoms with E-state index in [1.807, 2.05) is 17.0 Å². The predicted octanol–water partition coefficient (Wildman–Crippen LogP) is 1.68. The number of fused-ring (bicyclic) bond motifs is 1. The van der Waals surface area contributed by atoms with Gasteiger partial charge in [0.15, 0.2) is 0 Å². The zero-order chi connectivity index (χ0) is 15.3. The molecule has 5 heteroatoms. The summed E-state index contributed by atoms with van der Waals surface area (Å²) in [5.74, 6) is -0.289. The van der Waals surface area contributed by atoms with E-state index in [2.05, 4.69) is 4.98 Å². The van der Waals surface area contributed by atoms with Gasteiger partial charge in [0.05, 0.1) is 11.3 Å². The molecule has 22 heavy (non-hydrogen) atoms. The summed E-state index contributed by atoms with van der Waals surface area (Å²) >= 11 is 0. The first-order valence-corrected chi connectivity index (χ1v) is 8.06. The van der Waals surface area contributed by atoms with Gasteiger partial charge in [-0.1, -0.05) is 12.5 Å². The second kappa shape index (κ2) is 4.80. The number of carbonyl (C=O) groups is 2. The molecule has 3 atom stereocenters. The van der Waals surface area contributed by atoms with Crippen LogP contribution in [0.4, 0.5) is 0 Å². The summed E-state index contributed by atoms with van der Waals surface area (Å²) in [4.78, 5) is 30.4. The number of amides is 1. The second-order valence-corrected chi connectivity index (χ2v) is 6.91. The SMILES string of the molecule is O=C(O)[C@@H]1[C@@H]2CCN(C(=O)C3(c4cccnc4)CCC3)C[C@@H]21. The highest BCUT2D eigenvalue weighted by Gasteiger charge is 2.59. The molecule has 1 saturated heterocycles. The Balaban J connectivity index is 1.53. The van der Waals surface area contributed by atoms with Crippen molar-refractivity contribution in [2.75, 3.05) is 13.1 Å². The van der Waals surface area contributed by atoms with Crippen LogP contribution in [0.3, 0.4) is 0 Å². The Kier molecular flexibility index (Phi) is 2.99. The minimum absolute atomic E-state index is 0.168. The molecule has 1 N–H and O–H groups in total. The first kappa shape index (κ1) is 13.7. The van der Waals surface area contributed by atoms with Crippen LogP contribution in [-0.4, -0.2) is 40.0 Å². The fourth-order valence-electron chi connectivity index (χ4n) is 4.39. The van der Waals surface area contributed by atoms with Crippen LogP contribution in [0, 0.1) is 17.8 Å². The van der Waals surface area contributed by atoms with Crippen molar-refractivity contribution in [2.24, 2.45) is 17.8 Å². The van der Waals surface area contributed by atoms with Crippen molar-refractivity contribution in [3.8, 4) is 0 Å². The maximum absolute atomic E-state index is 13.1. The van der Waals surface area contributed by atoms with Crippen LogP contribution < -0.4 is 0 Å². The number of pyridine rings is 1. The van der Waals surface area contributed by atoms with Crippen molar-refractivity contribution in [1.29, 1.82) is 0 Å². The van der Waals surface area contributed by atoms with Crippen LogP contribution in [0.15, 0.2) is 24.5 Å². The van der Waals surface area contributed by atoms with Crippen LogP contribution in [0.5, 0.6) is 0 Å². The van der Waals surface area contributed by atoms with Crippen LogP contribution in [0.25, 0.3) is 0 Å². The monoisotopic (exact) mass is 300 g/mol. The van der Waals surface area contributed by atoms with Crippen LogP contribution >= 0.6 is 0 Å². The third kappa shape index (κ3) is 1.87. The number of rotatable bonds is 3. The van der Waals surface area contributed by atoms with Gasteiger partial charge < -0.3 is 10.0 Å². The highest BCUT2D eigenvalue weighted by atomic mass is 16.4. The van der Waals surface area contributed by atoms with Gasteiger partial charge in [-0.2, -0.15) is 0 Å². The van der Waals surface area contributed by atoms with E-state index in [1.54, 1.807) is 12.4 Å². The number of aliphatic carboxylic acids is 1. The molecule has 2 aliphatic carbocycles. The fourth-order valence-corrected chi connectivity index (χ4v) is 4.39. The Hall–Kier alpha value is -1.91. The van der Waals surface area contributed by atoms with E-state index in [4.69, 9.17) is 0 Å². The Morgan fingerprint density at radius 3 is 2.73 bits per heavy atom. The number of hydrogen-bond donors (Lipinski definition) is 1. The fraction of sp³-hybridized carbons (Fsp3) is 0.588. The van der Waals surface area contributed by atoms with Crippen LogP contribution in [0.2, 0.25) is 0 Å². The Morgan fingerprint density at radius 2 is 2.14 bits per heavy atom. The van der Waals surface area contributed by atoms with Gasteiger partial charge in [-0.15, -0.1) is 0 Å². The standard InChI is InChI=1S/C17H20N2O3/c20-15(21)14-12-4-8-19(10-13(12)14)16(22)17(5-2-6-17)11-3-1-7-18-9-11/h1,3,7,9,12-14H,2,4-6,8,10H2,(H,20,21)/t12-,13+,14-/m1/s1. The number of nitrogens with zero attached hydrogens (tertiary/aromatic N) is 2. The highest BCUT2D eigenvalue weighted by molar-refractivity contribution is 5.89. The van der Waals surface area contributed by atoms with Gasteiger partial charge in [0.2, 0.25) is 5.91 Å². The van der Waals surface area contributed by atoms with Crippen molar-refractivity contribution < 1.29 is 14.7 Å². The second-order valence-electron chi connectivity index (χ2n) is 6.91. The highest BCUT2D eigenvalue weighted by Crippen LogP contribution is 2.53. The minimum atomic E-state index is -0.699. The lowest BCUT2D eigenvalue weighted by atomic mass is 9.63. The average Bonchev–Trinajstić information content (AvgIpc) is 3.20. The van der Waals surface area contributed by atoms with E-state index in [0.29, 0.717) is 13.1 Å². The van der Waals surface area contributed by atoms with E-state index < -0.39 is 11.4 Å². The molecule has 4 rings (SSSR count). The quantitative estimate of drug-likeness (QED) is 0.922. The van der Waals surface area contributed by atoms with Crippen molar-refractivity contribution in [3.63, 3.8) is 0 Å². The lowest BCUT2D eigenvalue weighted by molar-refractivity contribution is -0.142. The van der Waals surface area contributed by atoms with Gasteiger partial charge in [0.25, 0.3) is 0 Å². The van der Waals surface area contributed by atoms with Crippen LogP contribution in [-0.2, 0) is 15.0 Å². The molecule has 3 aliphatic rings. The summed E-state index contributed by atoms with van der Waals surface area (Å²) in [6, 6.07) is 3.88. The number of aromatic nitrogens is 1. The molecule has 1 aliphatic heterocycles. The molecule has 1 aromatic heterocycles. The number of carbonyl (C=O) groups excluding carboxylic acids is 1. The maximum atomic E-state index is 13.1. The van der Waals surface area contributed by atoms with E-state index in [1.165, 1.54) is 0 Å². The van der Waals surface area contributed by atoms with Crippen molar-refractivity contribution in [2.45, 2.75) is 31.1 Å². The molecule has 2 heterocycles. The molecule has 1 amide bonds. The summed E-state index contributed by atoms with van der Waals surface area (Å²) in [6.07, 6.45) is 7.19. The molecule has 0 bridgehead atoms. The van der Waals surface area contributed by atoms with Crippen LogP contribution in [0.1, 0.15) is 31.2 Å². The Bertz CT molecular complexity index is 612. The smallest absolute Gasteiger partial charge is 0.307 e. The summed E-state index contributed by atoms with van der Waals surface area (Å²) in [5.41, 5.74) is 0.605. The summed E-state index contributed by atoms with van der Waals surface area (Å²) < 4.78 is 0. The first-order valence-electron chi connectivity index (χ1n) is 8.06. The van der Waals surface area contributed by atoms with Gasteiger partial charge in [-0.3, -0.25) is 14.6 Å². The first-order chi connectivity index (χ1) is 10.6. The molecule has 0 unspecified atom stereocenters. The average molecular weight is 300 g/mol. The predicted molar refractivity (Wildman–Crippen MR) is 79.1 cm³/mol. The van der Waals surface area contributed by atoms with E-state index in [9.17, 15) is 14.7 Å². The van der Waals surface area contributed by atoms with Gasteiger partial charge in [0, 0.05) is 25.5 Å². The molecule has 2 saturated carbocycles. The molecule has 0 aromatic carbocycles. The summed E-state index contributed by atoms with van der Waals surface area (Å²) in [6.45, 7) is 1.31. The Morgan fingerprint density at radius 1 is 1.32 bits per heavy atom. The maximum Gasteiger partial charge on any atom is 0.307 e. The lowest BCUT2D eigenvalue weighted by Gasteiger charge is -2.44. The van der Waals surface area contributed by atoms with Gasteiger partial charge >= 0.3 is 5.97 Å².